The molecule has 1 aromatic heterocycles. The maximum Gasteiger partial charge on any atom is 0.279 e. The lowest BCUT2D eigenvalue weighted by Gasteiger charge is -2.15. The molecule has 1 N–H and O–H groups in total. The molecule has 7 heteroatoms. The van der Waals surface area contributed by atoms with E-state index < -0.39 is 5.91 Å². The van der Waals surface area contributed by atoms with Gasteiger partial charge in [-0.15, -0.1) is 0 Å². The smallest absolute Gasteiger partial charge is 0.279 e. The lowest BCUT2D eigenvalue weighted by molar-refractivity contribution is 0.102. The molecule has 3 aromatic carbocycles. The highest BCUT2D eigenvalue weighted by atomic mass is 16.5. The molecule has 0 bridgehead atoms. The predicted octanol–water partition coefficient (Wildman–Crippen LogP) is 4.44. The highest BCUT2D eigenvalue weighted by Crippen LogP contribution is 2.30. The third-order valence-electron chi connectivity index (χ3n) is 4.83. The third kappa shape index (κ3) is 4.18. The van der Waals surface area contributed by atoms with E-state index in [9.17, 15) is 9.59 Å². The van der Waals surface area contributed by atoms with E-state index in [1.807, 2.05) is 32.0 Å². The molecule has 0 radical (unpaired) electrons. The Morgan fingerprint density at radius 3 is 2.31 bits per heavy atom. The fraction of sp³-hybridized carbons (Fsp3) is 0.160. The average Bonchev–Trinajstić information content (AvgIpc) is 2.82. The van der Waals surface area contributed by atoms with Gasteiger partial charge < -0.3 is 14.8 Å². The van der Waals surface area contributed by atoms with Crippen molar-refractivity contribution in [1.29, 1.82) is 0 Å². The molecule has 0 aliphatic heterocycles. The lowest BCUT2D eigenvalue weighted by atomic mass is 10.1. The number of ether oxygens (including phenoxy) is 2. The molecule has 0 aliphatic rings. The van der Waals surface area contributed by atoms with E-state index in [4.69, 9.17) is 9.47 Å². The number of rotatable bonds is 7. The summed E-state index contributed by atoms with van der Waals surface area (Å²) >= 11 is 0. The van der Waals surface area contributed by atoms with Crippen LogP contribution >= 0.6 is 0 Å². The summed E-state index contributed by atoms with van der Waals surface area (Å²) in [6.45, 7) is 4.69. The minimum atomic E-state index is -0.458. The molecule has 4 aromatic rings. The van der Waals surface area contributed by atoms with Crippen LogP contribution in [0.1, 0.15) is 24.3 Å². The van der Waals surface area contributed by atoms with Gasteiger partial charge in [-0.05, 0) is 44.2 Å². The van der Waals surface area contributed by atoms with Crippen LogP contribution in [-0.4, -0.2) is 28.9 Å². The molecule has 0 saturated carbocycles. The van der Waals surface area contributed by atoms with Crippen molar-refractivity contribution < 1.29 is 14.3 Å². The molecule has 1 amide bonds. The van der Waals surface area contributed by atoms with Gasteiger partial charge in [-0.3, -0.25) is 9.59 Å². The Bertz CT molecular complexity index is 1320. The van der Waals surface area contributed by atoms with Crippen molar-refractivity contribution in [3.63, 3.8) is 0 Å². The first-order valence-electron chi connectivity index (χ1n) is 10.4. The summed E-state index contributed by atoms with van der Waals surface area (Å²) in [6.07, 6.45) is 0. The first-order chi connectivity index (χ1) is 15.6. The molecule has 0 unspecified atom stereocenters. The monoisotopic (exact) mass is 429 g/mol. The van der Waals surface area contributed by atoms with Gasteiger partial charge in [-0.2, -0.15) is 9.78 Å². The highest BCUT2D eigenvalue weighted by Gasteiger charge is 2.19. The van der Waals surface area contributed by atoms with Crippen LogP contribution in [0.3, 0.4) is 0 Å². The minimum Gasteiger partial charge on any atom is -0.494 e. The summed E-state index contributed by atoms with van der Waals surface area (Å²) in [5, 5.41) is 8.18. The van der Waals surface area contributed by atoms with Crippen LogP contribution in [0.2, 0.25) is 0 Å². The van der Waals surface area contributed by atoms with Crippen LogP contribution < -0.4 is 20.3 Å². The standard InChI is InChI=1S/C25H23N3O4/c1-3-31-18-14-15-22(32-4-2)21(16-18)26-24(29)23-19-12-8-9-13-20(19)25(30)28(27-23)17-10-6-5-7-11-17/h5-16H,3-4H2,1-2H3,(H,26,29). The van der Waals surface area contributed by atoms with Gasteiger partial charge in [0.2, 0.25) is 0 Å². The van der Waals surface area contributed by atoms with Crippen LogP contribution in [0.5, 0.6) is 11.5 Å². The third-order valence-corrected chi connectivity index (χ3v) is 4.83. The molecule has 4 rings (SSSR count). The number of fused-ring (bicyclic) bond motifs is 1. The number of para-hydroxylation sites is 1. The largest absolute Gasteiger partial charge is 0.494 e. The topological polar surface area (TPSA) is 82.4 Å². The zero-order valence-electron chi connectivity index (χ0n) is 17.9. The van der Waals surface area contributed by atoms with E-state index in [1.165, 1.54) is 4.68 Å². The Morgan fingerprint density at radius 2 is 1.59 bits per heavy atom. The second-order valence-electron chi connectivity index (χ2n) is 6.92. The first-order valence-corrected chi connectivity index (χ1v) is 10.4. The number of nitrogens with one attached hydrogen (secondary N) is 1. The van der Waals surface area contributed by atoms with Crippen LogP contribution in [0.15, 0.2) is 77.6 Å². The molecule has 0 spiro atoms. The number of anilines is 1. The molecule has 1 heterocycles. The van der Waals surface area contributed by atoms with Gasteiger partial charge in [0, 0.05) is 11.5 Å². The van der Waals surface area contributed by atoms with Crippen molar-refractivity contribution in [2.24, 2.45) is 0 Å². The molecule has 0 saturated heterocycles. The maximum absolute atomic E-state index is 13.4. The molecule has 0 atom stereocenters. The summed E-state index contributed by atoms with van der Waals surface area (Å²) in [5.74, 6) is 0.670. The Balaban J connectivity index is 1.82. The number of hydrogen-bond acceptors (Lipinski definition) is 5. The van der Waals surface area contributed by atoms with Gasteiger partial charge >= 0.3 is 0 Å². The lowest BCUT2D eigenvalue weighted by Crippen LogP contribution is -2.26. The van der Waals surface area contributed by atoms with Gasteiger partial charge in [0.25, 0.3) is 11.5 Å². The molecule has 162 valence electrons. The molecule has 0 fully saturated rings. The van der Waals surface area contributed by atoms with Crippen LogP contribution in [0.4, 0.5) is 5.69 Å². The Kier molecular flexibility index (Phi) is 6.17. The van der Waals surface area contributed by atoms with Crippen molar-refractivity contribution >= 4 is 22.4 Å². The SMILES string of the molecule is CCOc1ccc(OCC)c(NC(=O)c2nn(-c3ccccc3)c(=O)c3ccccc23)c1. The quantitative estimate of drug-likeness (QED) is 0.470. The number of nitrogens with zero attached hydrogens (tertiary/aromatic N) is 2. The zero-order chi connectivity index (χ0) is 22.5. The number of carbonyl (C=O) groups excluding carboxylic acids is 1. The normalized spacial score (nSPS) is 10.7. The summed E-state index contributed by atoms with van der Waals surface area (Å²) in [7, 11) is 0. The van der Waals surface area contributed by atoms with Crippen molar-refractivity contribution in [3.05, 3.63) is 88.8 Å². The Morgan fingerprint density at radius 1 is 0.906 bits per heavy atom. The fourth-order valence-electron chi connectivity index (χ4n) is 3.43. The summed E-state index contributed by atoms with van der Waals surface area (Å²) in [4.78, 5) is 26.4. The van der Waals surface area contributed by atoms with Crippen LogP contribution in [0.25, 0.3) is 16.5 Å². The summed E-state index contributed by atoms with van der Waals surface area (Å²) in [5.41, 5.74) is 0.877. The predicted molar refractivity (Wildman–Crippen MR) is 124 cm³/mol. The van der Waals surface area contributed by atoms with Crippen LogP contribution in [0, 0.1) is 0 Å². The van der Waals surface area contributed by atoms with Gasteiger partial charge in [-0.25, -0.2) is 0 Å². The van der Waals surface area contributed by atoms with Crippen molar-refractivity contribution in [1.82, 2.24) is 9.78 Å². The van der Waals surface area contributed by atoms with Gasteiger partial charge in [-0.1, -0.05) is 36.4 Å². The number of hydrogen-bond donors (Lipinski definition) is 1. The molecule has 0 aliphatic carbocycles. The molecule has 32 heavy (non-hydrogen) atoms. The van der Waals surface area contributed by atoms with E-state index in [0.717, 1.165) is 0 Å². The van der Waals surface area contributed by atoms with E-state index in [1.54, 1.807) is 54.6 Å². The van der Waals surface area contributed by atoms with Crippen molar-refractivity contribution in [2.45, 2.75) is 13.8 Å². The minimum absolute atomic E-state index is 0.133. The van der Waals surface area contributed by atoms with Gasteiger partial charge in [0.15, 0.2) is 5.69 Å². The number of benzene rings is 3. The van der Waals surface area contributed by atoms with Gasteiger partial charge in [0.1, 0.15) is 11.5 Å². The highest BCUT2D eigenvalue weighted by molar-refractivity contribution is 6.11. The number of amides is 1. The average molecular weight is 429 g/mol. The van der Waals surface area contributed by atoms with Crippen molar-refractivity contribution in [2.75, 3.05) is 18.5 Å². The molecular weight excluding hydrogens is 406 g/mol. The van der Waals surface area contributed by atoms with E-state index in [-0.39, 0.29) is 11.3 Å². The fourth-order valence-corrected chi connectivity index (χ4v) is 3.43. The Hall–Kier alpha value is -4.13. The molecule has 7 nitrogen and oxygen atoms in total. The zero-order valence-corrected chi connectivity index (χ0v) is 17.9. The summed E-state index contributed by atoms with van der Waals surface area (Å²) < 4.78 is 12.5. The van der Waals surface area contributed by atoms with E-state index >= 15 is 0 Å². The second-order valence-corrected chi connectivity index (χ2v) is 6.92. The van der Waals surface area contributed by atoms with Gasteiger partial charge in [0.05, 0.1) is 30.0 Å². The molecular formula is C25H23N3O4. The van der Waals surface area contributed by atoms with E-state index in [2.05, 4.69) is 10.4 Å². The van der Waals surface area contributed by atoms with E-state index in [0.29, 0.717) is 46.9 Å². The number of aromatic nitrogens is 2. The van der Waals surface area contributed by atoms with Crippen LogP contribution in [-0.2, 0) is 0 Å². The maximum atomic E-state index is 13.4. The van der Waals surface area contributed by atoms with Crippen molar-refractivity contribution in [3.8, 4) is 17.2 Å². The second kappa shape index (κ2) is 9.34. The summed E-state index contributed by atoms with van der Waals surface area (Å²) in [6, 6.07) is 21.2. The first kappa shape index (κ1) is 21.1. The Labute approximate surface area is 185 Å². The number of carbonyl (C=O) groups is 1.